The van der Waals surface area contributed by atoms with Crippen LogP contribution in [-0.4, -0.2) is 34.8 Å². The van der Waals surface area contributed by atoms with Gasteiger partial charge in [-0.3, -0.25) is 4.72 Å². The Balaban J connectivity index is 1.28. The smallest absolute Gasteiger partial charge is 0.261 e. The summed E-state index contributed by atoms with van der Waals surface area (Å²) in [6.45, 7) is 4.56. The Bertz CT molecular complexity index is 1180. The Hall–Kier alpha value is -3.23. The molecule has 0 amide bonds. The third-order valence-electron chi connectivity index (χ3n) is 4.87. The molecule has 0 unspecified atom stereocenters. The molecule has 1 heterocycles. The molecule has 1 aliphatic rings. The molecule has 7 nitrogen and oxygen atoms in total. The lowest BCUT2D eigenvalue weighted by Gasteiger charge is -2.20. The quantitative estimate of drug-likeness (QED) is 0.479. The molecule has 2 N–H and O–H groups in total. The van der Waals surface area contributed by atoms with Gasteiger partial charge in [-0.05, 0) is 54.4 Å². The number of hydrogen-bond acceptors (Lipinski definition) is 6. The monoisotopic (exact) mass is 454 g/mol. The molecule has 0 saturated carbocycles. The fraction of sp³-hybridized carbons (Fsp3) is 0.250. The highest BCUT2D eigenvalue weighted by Crippen LogP contribution is 2.38. The van der Waals surface area contributed by atoms with E-state index in [1.807, 2.05) is 49.4 Å². The second kappa shape index (κ2) is 9.93. The summed E-state index contributed by atoms with van der Waals surface area (Å²) < 4.78 is 45.0. The minimum absolute atomic E-state index is 0.246. The SMILES string of the molecule is Cc1cccc(S(=O)(=O)Nc2cccc(CNCCOc3cccc4c3OCCO4)c2)c1. The first-order valence-electron chi connectivity index (χ1n) is 10.4. The van der Waals surface area contributed by atoms with Gasteiger partial charge in [0, 0.05) is 18.8 Å². The van der Waals surface area contributed by atoms with Crippen molar-refractivity contribution in [2.75, 3.05) is 31.1 Å². The van der Waals surface area contributed by atoms with Gasteiger partial charge in [0.15, 0.2) is 11.5 Å². The second-order valence-electron chi connectivity index (χ2n) is 7.43. The average Bonchev–Trinajstić information content (AvgIpc) is 2.79. The summed E-state index contributed by atoms with van der Waals surface area (Å²) in [6.07, 6.45) is 0. The Morgan fingerprint density at radius 2 is 1.78 bits per heavy atom. The first-order chi connectivity index (χ1) is 15.5. The Labute approximate surface area is 188 Å². The third kappa shape index (κ3) is 5.52. The predicted octanol–water partition coefficient (Wildman–Crippen LogP) is 3.74. The summed E-state index contributed by atoms with van der Waals surface area (Å²) in [4.78, 5) is 0.246. The Morgan fingerprint density at radius 1 is 0.969 bits per heavy atom. The van der Waals surface area contributed by atoms with E-state index in [1.165, 1.54) is 0 Å². The lowest BCUT2D eigenvalue weighted by Crippen LogP contribution is -2.21. The number of sulfonamides is 1. The zero-order valence-electron chi connectivity index (χ0n) is 17.8. The number of benzene rings is 3. The van der Waals surface area contributed by atoms with Crippen molar-refractivity contribution in [2.45, 2.75) is 18.4 Å². The van der Waals surface area contributed by atoms with E-state index in [9.17, 15) is 8.42 Å². The van der Waals surface area contributed by atoms with E-state index in [4.69, 9.17) is 14.2 Å². The van der Waals surface area contributed by atoms with Crippen molar-refractivity contribution in [1.29, 1.82) is 0 Å². The maximum atomic E-state index is 12.6. The predicted molar refractivity (Wildman–Crippen MR) is 123 cm³/mol. The summed E-state index contributed by atoms with van der Waals surface area (Å²) in [5, 5.41) is 3.31. The largest absolute Gasteiger partial charge is 0.488 e. The summed E-state index contributed by atoms with van der Waals surface area (Å²) in [5.41, 5.74) is 2.38. The number of rotatable bonds is 9. The van der Waals surface area contributed by atoms with Crippen LogP contribution in [-0.2, 0) is 16.6 Å². The molecule has 0 aliphatic carbocycles. The highest BCUT2D eigenvalue weighted by atomic mass is 32.2. The van der Waals surface area contributed by atoms with Crippen LogP contribution in [0.2, 0.25) is 0 Å². The van der Waals surface area contributed by atoms with Crippen LogP contribution in [0.4, 0.5) is 5.69 Å². The van der Waals surface area contributed by atoms with Crippen LogP contribution in [0.3, 0.4) is 0 Å². The molecule has 0 radical (unpaired) electrons. The number of para-hydroxylation sites is 1. The van der Waals surface area contributed by atoms with Crippen molar-refractivity contribution in [3.8, 4) is 17.2 Å². The van der Waals surface area contributed by atoms with Gasteiger partial charge in [-0.15, -0.1) is 0 Å². The number of hydrogen-bond donors (Lipinski definition) is 2. The van der Waals surface area contributed by atoms with Gasteiger partial charge in [0.05, 0.1) is 4.90 Å². The fourth-order valence-corrected chi connectivity index (χ4v) is 4.52. The van der Waals surface area contributed by atoms with E-state index in [0.29, 0.717) is 55.8 Å². The molecule has 0 spiro atoms. The Morgan fingerprint density at radius 3 is 2.66 bits per heavy atom. The van der Waals surface area contributed by atoms with Crippen molar-refractivity contribution in [3.05, 3.63) is 77.9 Å². The van der Waals surface area contributed by atoms with Crippen LogP contribution < -0.4 is 24.2 Å². The molecule has 8 heteroatoms. The molecule has 1 aliphatic heterocycles. The number of anilines is 1. The molecule has 168 valence electrons. The number of ether oxygens (including phenoxy) is 3. The molecule has 3 aromatic carbocycles. The second-order valence-corrected chi connectivity index (χ2v) is 9.11. The van der Waals surface area contributed by atoms with Gasteiger partial charge in [0.1, 0.15) is 19.8 Å². The van der Waals surface area contributed by atoms with Crippen LogP contribution in [0, 0.1) is 6.92 Å². The molecule has 0 aromatic heterocycles. The third-order valence-corrected chi connectivity index (χ3v) is 6.25. The topological polar surface area (TPSA) is 85.9 Å². The van der Waals surface area contributed by atoms with Crippen LogP contribution in [0.15, 0.2) is 71.6 Å². The molecular weight excluding hydrogens is 428 g/mol. The zero-order chi connectivity index (χ0) is 22.4. The summed E-state index contributed by atoms with van der Waals surface area (Å²) in [6, 6.07) is 19.7. The summed E-state index contributed by atoms with van der Waals surface area (Å²) in [5.74, 6) is 2.01. The van der Waals surface area contributed by atoms with Crippen molar-refractivity contribution in [3.63, 3.8) is 0 Å². The zero-order valence-corrected chi connectivity index (χ0v) is 18.7. The van der Waals surface area contributed by atoms with Crippen molar-refractivity contribution in [2.24, 2.45) is 0 Å². The Kier molecular flexibility index (Phi) is 6.82. The van der Waals surface area contributed by atoms with Gasteiger partial charge in [0.2, 0.25) is 5.75 Å². The minimum Gasteiger partial charge on any atom is -0.488 e. The molecule has 3 aromatic rings. The average molecular weight is 455 g/mol. The standard InChI is InChI=1S/C24H26N2O5S/c1-18-5-2-8-21(15-18)32(27,28)26-20-7-3-6-19(16-20)17-25-11-12-29-22-9-4-10-23-24(22)31-14-13-30-23/h2-10,15-16,25-26H,11-14,17H2,1H3. The molecule has 0 fully saturated rings. The van der Waals surface area contributed by atoms with Gasteiger partial charge in [0.25, 0.3) is 10.0 Å². The maximum Gasteiger partial charge on any atom is 0.261 e. The van der Waals surface area contributed by atoms with Crippen LogP contribution >= 0.6 is 0 Å². The molecule has 4 rings (SSSR count). The lowest BCUT2D eigenvalue weighted by atomic mass is 10.2. The van der Waals surface area contributed by atoms with Crippen LogP contribution in [0.5, 0.6) is 17.2 Å². The van der Waals surface area contributed by atoms with E-state index in [0.717, 1.165) is 11.1 Å². The molecule has 32 heavy (non-hydrogen) atoms. The summed E-state index contributed by atoms with van der Waals surface area (Å²) in [7, 11) is -3.63. The van der Waals surface area contributed by atoms with Crippen LogP contribution in [0.25, 0.3) is 0 Å². The maximum absolute atomic E-state index is 12.6. The van der Waals surface area contributed by atoms with Crippen molar-refractivity contribution in [1.82, 2.24) is 5.32 Å². The number of nitrogens with one attached hydrogen (secondary N) is 2. The first-order valence-corrected chi connectivity index (χ1v) is 11.9. The summed E-state index contributed by atoms with van der Waals surface area (Å²) >= 11 is 0. The molecule has 0 saturated heterocycles. The van der Waals surface area contributed by atoms with Crippen LogP contribution in [0.1, 0.15) is 11.1 Å². The normalized spacial score (nSPS) is 12.9. The molecule has 0 bridgehead atoms. The van der Waals surface area contributed by atoms with Gasteiger partial charge < -0.3 is 19.5 Å². The highest BCUT2D eigenvalue weighted by molar-refractivity contribution is 7.92. The van der Waals surface area contributed by atoms with Gasteiger partial charge in [-0.2, -0.15) is 0 Å². The molecule has 0 atom stereocenters. The van der Waals surface area contributed by atoms with E-state index >= 15 is 0 Å². The van der Waals surface area contributed by atoms with Gasteiger partial charge >= 0.3 is 0 Å². The van der Waals surface area contributed by atoms with E-state index in [-0.39, 0.29) is 4.90 Å². The highest BCUT2D eigenvalue weighted by Gasteiger charge is 2.16. The number of aryl methyl sites for hydroxylation is 1. The number of fused-ring (bicyclic) bond motifs is 1. The van der Waals surface area contributed by atoms with E-state index in [1.54, 1.807) is 24.3 Å². The first kappa shape index (κ1) is 22.0. The lowest BCUT2D eigenvalue weighted by molar-refractivity contribution is 0.162. The fourth-order valence-electron chi connectivity index (χ4n) is 3.37. The van der Waals surface area contributed by atoms with E-state index in [2.05, 4.69) is 10.0 Å². The van der Waals surface area contributed by atoms with E-state index < -0.39 is 10.0 Å². The van der Waals surface area contributed by atoms with Crippen molar-refractivity contribution < 1.29 is 22.6 Å². The van der Waals surface area contributed by atoms with Gasteiger partial charge in [-0.1, -0.05) is 30.3 Å². The molecular formula is C24H26N2O5S. The van der Waals surface area contributed by atoms with Crippen molar-refractivity contribution >= 4 is 15.7 Å². The minimum atomic E-state index is -3.63. The van der Waals surface area contributed by atoms with Gasteiger partial charge in [-0.25, -0.2) is 8.42 Å².